The lowest BCUT2D eigenvalue weighted by Gasteiger charge is -2.29. The number of nitrogens with zero attached hydrogens (tertiary/aromatic N) is 1. The van der Waals surface area contributed by atoms with Gasteiger partial charge in [-0.25, -0.2) is 0 Å². The van der Waals surface area contributed by atoms with Crippen molar-refractivity contribution in [2.24, 2.45) is 0 Å². The van der Waals surface area contributed by atoms with Crippen LogP contribution in [0.3, 0.4) is 0 Å². The molecule has 2 heteroatoms. The summed E-state index contributed by atoms with van der Waals surface area (Å²) in [6, 6.07) is 81.8. The Labute approximate surface area is 368 Å². The Kier molecular flexibility index (Phi) is 8.55. The SMILES string of the molecule is CC1(C)c2ccccc2-c2cccc(-c3ccc(N(c4ccc(-c5ccc6c(c5)oc5ccccc56)cc4)c4cc(-c5ccc6ccccc6c5)ccc4-c4ccccc4)cc3)c21. The maximum absolute atomic E-state index is 6.30. The lowest BCUT2D eigenvalue weighted by Crippen LogP contribution is -2.16. The predicted molar refractivity (Wildman–Crippen MR) is 265 cm³/mol. The smallest absolute Gasteiger partial charge is 0.136 e. The first-order valence-electron chi connectivity index (χ1n) is 21.8. The van der Waals surface area contributed by atoms with Crippen LogP contribution in [0, 0.1) is 0 Å². The second kappa shape index (κ2) is 14.6. The molecule has 1 heterocycles. The highest BCUT2D eigenvalue weighted by Gasteiger charge is 2.37. The molecule has 1 aliphatic rings. The van der Waals surface area contributed by atoms with Gasteiger partial charge in [-0.15, -0.1) is 0 Å². The number of rotatable bonds is 7. The molecule has 0 unspecified atom stereocenters. The number of para-hydroxylation sites is 1. The van der Waals surface area contributed by atoms with Crippen molar-refractivity contribution in [1.29, 1.82) is 0 Å². The Morgan fingerprint density at radius 1 is 0.349 bits per heavy atom. The van der Waals surface area contributed by atoms with Crippen LogP contribution in [0.5, 0.6) is 0 Å². The molecule has 298 valence electrons. The second-order valence-electron chi connectivity index (χ2n) is 17.3. The molecule has 0 amide bonds. The van der Waals surface area contributed by atoms with Crippen molar-refractivity contribution in [2.75, 3.05) is 4.90 Å². The van der Waals surface area contributed by atoms with Crippen molar-refractivity contribution in [3.8, 4) is 55.6 Å². The van der Waals surface area contributed by atoms with Crippen molar-refractivity contribution < 1.29 is 4.42 Å². The van der Waals surface area contributed by atoms with Crippen LogP contribution in [0.4, 0.5) is 17.1 Å². The molecule has 0 saturated heterocycles. The third-order valence-electron chi connectivity index (χ3n) is 13.3. The molecule has 63 heavy (non-hydrogen) atoms. The zero-order valence-corrected chi connectivity index (χ0v) is 35.2. The molecule has 11 aromatic rings. The van der Waals surface area contributed by atoms with E-state index in [1.54, 1.807) is 0 Å². The van der Waals surface area contributed by atoms with E-state index in [0.717, 1.165) is 66.8 Å². The van der Waals surface area contributed by atoms with Crippen molar-refractivity contribution in [3.05, 3.63) is 236 Å². The molecule has 2 nitrogen and oxygen atoms in total. The molecule has 0 N–H and O–H groups in total. The second-order valence-corrected chi connectivity index (χ2v) is 17.3. The van der Waals surface area contributed by atoms with E-state index >= 15 is 0 Å². The summed E-state index contributed by atoms with van der Waals surface area (Å²) >= 11 is 0. The molecule has 12 rings (SSSR count). The Balaban J connectivity index is 1.01. The minimum Gasteiger partial charge on any atom is -0.456 e. The number of anilines is 3. The molecule has 0 bridgehead atoms. The van der Waals surface area contributed by atoms with Crippen molar-refractivity contribution >= 4 is 49.8 Å². The van der Waals surface area contributed by atoms with Crippen molar-refractivity contribution in [1.82, 2.24) is 0 Å². The van der Waals surface area contributed by atoms with Crippen molar-refractivity contribution in [2.45, 2.75) is 19.3 Å². The number of fused-ring (bicyclic) bond motifs is 7. The summed E-state index contributed by atoms with van der Waals surface area (Å²) in [5, 5.41) is 4.74. The standard InChI is InChI=1S/C61H43NO/c1-61(2)56-21-10-8-17-52(56)55-20-12-19-51(60(55)61)43-27-33-49(34-28-43)62(48-31-25-41(26-32-48)47-30-36-54-53-18-9-11-22-58(53)63-59(54)39-47)57-38-46(29-35-50(57)42-14-4-3-5-15-42)45-24-23-40-13-6-7-16-44(40)37-45/h3-39H,1-2H3. The van der Waals surface area contributed by atoms with Gasteiger partial charge in [-0.2, -0.15) is 0 Å². The molecule has 0 aliphatic heterocycles. The Morgan fingerprint density at radius 3 is 1.75 bits per heavy atom. The van der Waals surface area contributed by atoms with Crippen LogP contribution in [0.1, 0.15) is 25.0 Å². The number of furan rings is 1. The van der Waals surface area contributed by atoms with Gasteiger partial charge in [-0.05, 0) is 127 Å². The molecule has 1 aliphatic carbocycles. The summed E-state index contributed by atoms with van der Waals surface area (Å²) < 4.78 is 6.30. The Hall–Kier alpha value is -7.94. The molecule has 0 radical (unpaired) electrons. The minimum absolute atomic E-state index is 0.113. The zero-order chi connectivity index (χ0) is 42.1. The van der Waals surface area contributed by atoms with Gasteiger partial charge in [-0.3, -0.25) is 0 Å². The Bertz CT molecular complexity index is 3520. The maximum atomic E-state index is 6.30. The maximum Gasteiger partial charge on any atom is 0.136 e. The van der Waals surface area contributed by atoms with E-state index in [4.69, 9.17) is 4.42 Å². The van der Waals surface area contributed by atoms with E-state index in [0.29, 0.717) is 0 Å². The summed E-state index contributed by atoms with van der Waals surface area (Å²) in [5.74, 6) is 0. The summed E-state index contributed by atoms with van der Waals surface area (Å²) in [5.41, 5.74) is 19.8. The summed E-state index contributed by atoms with van der Waals surface area (Å²) in [6.45, 7) is 4.73. The molecular formula is C61H43NO. The van der Waals surface area contributed by atoms with E-state index in [-0.39, 0.29) is 5.41 Å². The average molecular weight is 806 g/mol. The Morgan fingerprint density at radius 2 is 0.921 bits per heavy atom. The largest absolute Gasteiger partial charge is 0.456 e. The highest BCUT2D eigenvalue weighted by atomic mass is 16.3. The molecule has 0 saturated carbocycles. The molecule has 0 spiro atoms. The van der Waals surface area contributed by atoms with E-state index < -0.39 is 0 Å². The normalized spacial score (nSPS) is 12.7. The highest BCUT2D eigenvalue weighted by Crippen LogP contribution is 2.52. The molecule has 0 atom stereocenters. The summed E-state index contributed by atoms with van der Waals surface area (Å²) in [6.07, 6.45) is 0. The average Bonchev–Trinajstić information content (AvgIpc) is 3.83. The van der Waals surface area contributed by atoms with Gasteiger partial charge in [0.25, 0.3) is 0 Å². The van der Waals surface area contributed by atoms with Crippen LogP contribution in [0.25, 0.3) is 88.3 Å². The molecule has 10 aromatic carbocycles. The quantitative estimate of drug-likeness (QED) is 0.160. The minimum atomic E-state index is -0.113. The number of benzene rings is 10. The summed E-state index contributed by atoms with van der Waals surface area (Å²) in [4.78, 5) is 2.43. The van der Waals surface area contributed by atoms with Gasteiger partial charge in [0.2, 0.25) is 0 Å². The van der Waals surface area contributed by atoms with Crippen LogP contribution in [-0.4, -0.2) is 0 Å². The topological polar surface area (TPSA) is 16.4 Å². The molecular weight excluding hydrogens is 763 g/mol. The number of hydrogen-bond acceptors (Lipinski definition) is 2. The fourth-order valence-corrected chi connectivity index (χ4v) is 10.1. The molecule has 0 fully saturated rings. The first-order chi connectivity index (χ1) is 31.0. The van der Waals surface area contributed by atoms with Crippen LogP contribution < -0.4 is 4.90 Å². The van der Waals surface area contributed by atoms with Gasteiger partial charge in [0.15, 0.2) is 0 Å². The summed E-state index contributed by atoms with van der Waals surface area (Å²) in [7, 11) is 0. The first-order valence-corrected chi connectivity index (χ1v) is 21.8. The van der Waals surface area contributed by atoms with Crippen LogP contribution in [-0.2, 0) is 5.41 Å². The van der Waals surface area contributed by atoms with Gasteiger partial charge < -0.3 is 9.32 Å². The van der Waals surface area contributed by atoms with Gasteiger partial charge in [0, 0.05) is 33.1 Å². The van der Waals surface area contributed by atoms with Gasteiger partial charge in [0.1, 0.15) is 11.2 Å². The van der Waals surface area contributed by atoms with Crippen LogP contribution in [0.15, 0.2) is 229 Å². The lowest BCUT2D eigenvalue weighted by atomic mass is 9.79. The lowest BCUT2D eigenvalue weighted by molar-refractivity contribution is 0.662. The van der Waals surface area contributed by atoms with Crippen LogP contribution in [0.2, 0.25) is 0 Å². The van der Waals surface area contributed by atoms with Gasteiger partial charge in [-0.1, -0.05) is 184 Å². The van der Waals surface area contributed by atoms with Crippen LogP contribution >= 0.6 is 0 Å². The van der Waals surface area contributed by atoms with E-state index in [9.17, 15) is 0 Å². The highest BCUT2D eigenvalue weighted by molar-refractivity contribution is 6.06. The van der Waals surface area contributed by atoms with E-state index in [1.165, 1.54) is 49.7 Å². The first kappa shape index (κ1) is 36.9. The third kappa shape index (κ3) is 6.17. The monoisotopic (exact) mass is 805 g/mol. The van der Waals surface area contributed by atoms with E-state index in [2.05, 4.69) is 231 Å². The molecule has 1 aromatic heterocycles. The van der Waals surface area contributed by atoms with Crippen molar-refractivity contribution in [3.63, 3.8) is 0 Å². The van der Waals surface area contributed by atoms with Gasteiger partial charge >= 0.3 is 0 Å². The van der Waals surface area contributed by atoms with Gasteiger partial charge in [0.05, 0.1) is 5.69 Å². The third-order valence-corrected chi connectivity index (χ3v) is 13.3. The predicted octanol–water partition coefficient (Wildman–Crippen LogP) is 17.2. The van der Waals surface area contributed by atoms with E-state index in [1.807, 2.05) is 12.1 Å². The zero-order valence-electron chi connectivity index (χ0n) is 35.2. The fraction of sp³-hybridized carbons (Fsp3) is 0.0492. The fourth-order valence-electron chi connectivity index (χ4n) is 10.1. The number of hydrogen-bond donors (Lipinski definition) is 0.